The molecule has 1 heterocycles. The summed E-state index contributed by atoms with van der Waals surface area (Å²) in [6.07, 6.45) is 1.65. The third-order valence-corrected chi connectivity index (χ3v) is 6.61. The predicted octanol–water partition coefficient (Wildman–Crippen LogP) is 5.95. The van der Waals surface area contributed by atoms with Crippen LogP contribution in [0.2, 0.25) is 0 Å². The Bertz CT molecular complexity index is 1650. The minimum Gasteiger partial charge on any atom is -0.493 e. The zero-order chi connectivity index (χ0) is 31.9. The zero-order valence-electron chi connectivity index (χ0n) is 25.8. The van der Waals surface area contributed by atoms with Gasteiger partial charge in [0, 0.05) is 24.8 Å². The number of anilines is 2. The number of rotatable bonds is 10. The van der Waals surface area contributed by atoms with E-state index in [1.807, 2.05) is 52.0 Å². The number of para-hydroxylation sites is 2. The Hall–Kier alpha value is -5.19. The zero-order valence-corrected chi connectivity index (χ0v) is 25.8. The number of carbonyl (C=O) groups excluding carboxylic acids is 3. The van der Waals surface area contributed by atoms with Crippen molar-refractivity contribution in [2.75, 3.05) is 37.9 Å². The summed E-state index contributed by atoms with van der Waals surface area (Å²) in [5.74, 6) is -0.357. The van der Waals surface area contributed by atoms with Crippen LogP contribution in [0.5, 0.6) is 11.5 Å². The molecular weight excluding hydrogens is 562 g/mol. The van der Waals surface area contributed by atoms with E-state index in [-0.39, 0.29) is 23.0 Å². The monoisotopic (exact) mass is 599 g/mol. The number of nitrogens with zero attached hydrogens (tertiary/aromatic N) is 3. The quantitative estimate of drug-likeness (QED) is 0.229. The predicted molar refractivity (Wildman–Crippen MR) is 169 cm³/mol. The fourth-order valence-corrected chi connectivity index (χ4v) is 4.35. The Morgan fingerprint density at radius 2 is 1.52 bits per heavy atom. The van der Waals surface area contributed by atoms with E-state index in [0.29, 0.717) is 47.7 Å². The summed E-state index contributed by atoms with van der Waals surface area (Å²) in [5.41, 5.74) is 2.65. The molecule has 0 saturated heterocycles. The lowest BCUT2D eigenvalue weighted by atomic mass is 10.1. The van der Waals surface area contributed by atoms with Crippen LogP contribution in [-0.2, 0) is 11.2 Å². The number of ether oxygens (including phenoxy) is 3. The molecule has 0 aliphatic heterocycles. The van der Waals surface area contributed by atoms with E-state index in [1.165, 1.54) is 32.5 Å². The van der Waals surface area contributed by atoms with Crippen molar-refractivity contribution in [2.45, 2.75) is 39.7 Å². The molecule has 11 heteroatoms. The molecular formula is C33H37N5O6. The molecule has 2 N–H and O–H groups in total. The molecule has 0 radical (unpaired) electrons. The molecule has 44 heavy (non-hydrogen) atoms. The van der Waals surface area contributed by atoms with Crippen LogP contribution < -0.4 is 20.1 Å². The van der Waals surface area contributed by atoms with Crippen LogP contribution in [0.1, 0.15) is 54.1 Å². The SMILES string of the molecule is CCN(CCc1ccc(NC(=O)c2cc(OC)c(OC)cc2NC(=O)c2cnc3ccccc3n2)cc1)C(=O)OC(C)(C)C. The van der Waals surface area contributed by atoms with Crippen LogP contribution in [0.4, 0.5) is 16.2 Å². The average Bonchev–Trinajstić information content (AvgIpc) is 3.00. The fraction of sp³-hybridized carbons (Fsp3) is 0.303. The van der Waals surface area contributed by atoms with Crippen molar-refractivity contribution in [1.29, 1.82) is 0 Å². The molecule has 0 fully saturated rings. The lowest BCUT2D eigenvalue weighted by Crippen LogP contribution is -2.37. The van der Waals surface area contributed by atoms with Gasteiger partial charge in [0.05, 0.1) is 42.7 Å². The first kappa shape index (κ1) is 31.7. The summed E-state index contributed by atoms with van der Waals surface area (Å²) in [6.45, 7) is 8.44. The number of likely N-dealkylation sites (N-methyl/N-ethyl adjacent to an activating group) is 1. The molecule has 4 rings (SSSR count). The molecule has 0 aliphatic carbocycles. The highest BCUT2D eigenvalue weighted by Gasteiger charge is 2.22. The standard InChI is InChI=1S/C33H37N5O6/c1-7-38(32(41)44-33(2,3)4)17-16-21-12-14-22(15-13-21)35-30(39)23-18-28(42-5)29(43-6)19-26(23)37-31(40)27-20-34-24-10-8-9-11-25(24)36-27/h8-15,18-20H,7,16-17H2,1-6H3,(H,35,39)(H,37,40). The maximum atomic E-state index is 13.5. The first-order chi connectivity index (χ1) is 21.0. The van der Waals surface area contributed by atoms with E-state index in [2.05, 4.69) is 20.6 Å². The molecule has 0 aliphatic rings. The maximum Gasteiger partial charge on any atom is 0.410 e. The van der Waals surface area contributed by atoms with Gasteiger partial charge in [0.2, 0.25) is 0 Å². The minimum absolute atomic E-state index is 0.0914. The third-order valence-electron chi connectivity index (χ3n) is 6.61. The van der Waals surface area contributed by atoms with Gasteiger partial charge in [-0.05, 0) is 70.0 Å². The van der Waals surface area contributed by atoms with Crippen LogP contribution in [0.15, 0.2) is 66.9 Å². The van der Waals surface area contributed by atoms with E-state index < -0.39 is 17.4 Å². The lowest BCUT2D eigenvalue weighted by Gasteiger charge is -2.26. The highest BCUT2D eigenvalue weighted by molar-refractivity contribution is 6.12. The number of hydrogen-bond donors (Lipinski definition) is 2. The van der Waals surface area contributed by atoms with Gasteiger partial charge in [-0.2, -0.15) is 0 Å². The molecule has 0 saturated carbocycles. The second kappa shape index (κ2) is 13.9. The van der Waals surface area contributed by atoms with Gasteiger partial charge in [0.15, 0.2) is 11.5 Å². The maximum absolute atomic E-state index is 13.5. The van der Waals surface area contributed by atoms with Gasteiger partial charge < -0.3 is 29.7 Å². The summed E-state index contributed by atoms with van der Waals surface area (Å²) in [5, 5.41) is 5.64. The highest BCUT2D eigenvalue weighted by atomic mass is 16.6. The molecule has 0 atom stereocenters. The Labute approximate surface area is 256 Å². The summed E-state index contributed by atoms with van der Waals surface area (Å²) >= 11 is 0. The topological polar surface area (TPSA) is 132 Å². The number of methoxy groups -OCH3 is 2. The highest BCUT2D eigenvalue weighted by Crippen LogP contribution is 2.34. The van der Waals surface area contributed by atoms with E-state index in [1.54, 1.807) is 29.2 Å². The van der Waals surface area contributed by atoms with Gasteiger partial charge >= 0.3 is 6.09 Å². The van der Waals surface area contributed by atoms with Gasteiger partial charge in [-0.15, -0.1) is 0 Å². The third kappa shape index (κ3) is 8.00. The smallest absolute Gasteiger partial charge is 0.410 e. The molecule has 1 aromatic heterocycles. The number of aromatic nitrogens is 2. The van der Waals surface area contributed by atoms with Gasteiger partial charge in [0.25, 0.3) is 11.8 Å². The number of carbonyl (C=O) groups is 3. The summed E-state index contributed by atoms with van der Waals surface area (Å²) in [6, 6.07) is 17.6. The normalized spacial score (nSPS) is 11.0. The van der Waals surface area contributed by atoms with Crippen molar-refractivity contribution >= 4 is 40.3 Å². The number of hydrogen-bond acceptors (Lipinski definition) is 8. The second-order valence-corrected chi connectivity index (χ2v) is 10.9. The van der Waals surface area contributed by atoms with Crippen molar-refractivity contribution in [3.05, 3.63) is 83.7 Å². The average molecular weight is 600 g/mol. The number of nitrogens with one attached hydrogen (secondary N) is 2. The molecule has 11 nitrogen and oxygen atoms in total. The lowest BCUT2D eigenvalue weighted by molar-refractivity contribution is 0.0262. The Morgan fingerprint density at radius 3 is 2.16 bits per heavy atom. The van der Waals surface area contributed by atoms with Gasteiger partial charge in [-0.1, -0.05) is 24.3 Å². The Morgan fingerprint density at radius 1 is 0.864 bits per heavy atom. The van der Waals surface area contributed by atoms with Gasteiger partial charge in [-0.3, -0.25) is 14.6 Å². The summed E-state index contributed by atoms with van der Waals surface area (Å²) in [4.78, 5) is 49.4. The van der Waals surface area contributed by atoms with Crippen LogP contribution >= 0.6 is 0 Å². The number of benzene rings is 3. The molecule has 3 aromatic carbocycles. The minimum atomic E-state index is -0.564. The second-order valence-electron chi connectivity index (χ2n) is 10.9. The summed E-state index contributed by atoms with van der Waals surface area (Å²) in [7, 11) is 2.93. The van der Waals surface area contributed by atoms with Crippen LogP contribution in [0.3, 0.4) is 0 Å². The Balaban J connectivity index is 1.49. The van der Waals surface area contributed by atoms with Gasteiger partial charge in [-0.25, -0.2) is 9.78 Å². The molecule has 4 aromatic rings. The molecule has 3 amide bonds. The van der Waals surface area contributed by atoms with Gasteiger partial charge in [0.1, 0.15) is 11.3 Å². The largest absolute Gasteiger partial charge is 0.493 e. The van der Waals surface area contributed by atoms with E-state index in [9.17, 15) is 14.4 Å². The number of fused-ring (bicyclic) bond motifs is 1. The van der Waals surface area contributed by atoms with Crippen LogP contribution in [0.25, 0.3) is 11.0 Å². The van der Waals surface area contributed by atoms with Crippen molar-refractivity contribution < 1.29 is 28.6 Å². The van der Waals surface area contributed by atoms with Crippen molar-refractivity contribution in [3.63, 3.8) is 0 Å². The first-order valence-corrected chi connectivity index (χ1v) is 14.2. The van der Waals surface area contributed by atoms with Crippen LogP contribution in [-0.4, -0.2) is 65.7 Å². The molecule has 0 spiro atoms. The molecule has 230 valence electrons. The molecule has 0 unspecified atom stereocenters. The van der Waals surface area contributed by atoms with Crippen molar-refractivity contribution in [3.8, 4) is 11.5 Å². The first-order valence-electron chi connectivity index (χ1n) is 14.2. The van der Waals surface area contributed by atoms with Crippen molar-refractivity contribution in [2.24, 2.45) is 0 Å². The summed E-state index contributed by atoms with van der Waals surface area (Å²) < 4.78 is 16.3. The number of amides is 3. The van der Waals surface area contributed by atoms with E-state index in [4.69, 9.17) is 14.2 Å². The fourth-order valence-electron chi connectivity index (χ4n) is 4.35. The van der Waals surface area contributed by atoms with E-state index >= 15 is 0 Å². The van der Waals surface area contributed by atoms with Crippen molar-refractivity contribution in [1.82, 2.24) is 14.9 Å². The van der Waals surface area contributed by atoms with E-state index in [0.717, 1.165) is 5.56 Å². The van der Waals surface area contributed by atoms with Crippen LogP contribution in [0, 0.1) is 0 Å². The molecule has 0 bridgehead atoms. The Kier molecular flexibility index (Phi) is 9.99.